The fourth-order valence-electron chi connectivity index (χ4n) is 0.116. The second-order valence-corrected chi connectivity index (χ2v) is 5.99. The van der Waals surface area contributed by atoms with Crippen LogP contribution in [0.4, 0.5) is 0 Å². The summed E-state index contributed by atoms with van der Waals surface area (Å²) in [5, 5.41) is 0. The molecule has 0 aromatic carbocycles. The van der Waals surface area contributed by atoms with E-state index in [2.05, 4.69) is 38.4 Å². The molecule has 0 bridgehead atoms. The quantitative estimate of drug-likeness (QED) is 0.552. The highest BCUT2D eigenvalue weighted by atomic mass is 79.9. The van der Waals surface area contributed by atoms with E-state index in [9.17, 15) is 4.79 Å². The largest absolute Gasteiger partial charge is 0.291 e. The van der Waals surface area contributed by atoms with Crippen LogP contribution in [0.5, 0.6) is 0 Å². The van der Waals surface area contributed by atoms with E-state index >= 15 is 0 Å². The molecule has 8 heavy (non-hydrogen) atoms. The van der Waals surface area contributed by atoms with Gasteiger partial charge in [0.05, 0.1) is 0 Å². The normalized spacial score (nSPS) is 10.9. The molecule has 0 aliphatic carbocycles. The molecule has 0 rings (SSSR count). The van der Waals surface area contributed by atoms with Gasteiger partial charge in [-0.2, -0.15) is 0 Å². The fourth-order valence-corrected chi connectivity index (χ4v) is 0.517. The van der Waals surface area contributed by atoms with Crippen molar-refractivity contribution in [3.63, 3.8) is 0 Å². The Morgan fingerprint density at radius 2 is 2.12 bits per heavy atom. The molecule has 0 saturated carbocycles. The number of allylic oxidation sites excluding steroid dienone is 1. The fraction of sp³-hybridized carbons (Fsp3) is 0.250. The zero-order valence-electron chi connectivity index (χ0n) is 3.83. The number of carbonyl (C=O) groups excluding carboxylic acids is 1. The van der Waals surface area contributed by atoms with Crippen molar-refractivity contribution in [2.75, 3.05) is 0 Å². The molecule has 0 aromatic heterocycles. The van der Waals surface area contributed by atoms with Crippen LogP contribution in [0.1, 0.15) is 0 Å². The van der Waals surface area contributed by atoms with Crippen molar-refractivity contribution in [2.24, 2.45) is 0 Å². The Morgan fingerprint density at radius 3 is 2.12 bits per heavy atom. The Kier molecular flexibility index (Phi) is 3.24. The van der Waals surface area contributed by atoms with Crippen LogP contribution >= 0.6 is 43.5 Å². The highest BCUT2D eigenvalue weighted by Crippen LogP contribution is 2.31. The minimum Gasteiger partial charge on any atom is -0.291 e. The monoisotopic (exact) mass is 260 g/mol. The number of halogens is 3. The van der Waals surface area contributed by atoms with Crippen LogP contribution in [0.2, 0.25) is 0 Å². The summed E-state index contributed by atoms with van der Waals surface area (Å²) in [4.78, 5) is 10.5. The molecular formula is C4H3Br2ClO. The predicted octanol–water partition coefficient (Wildman–Crippen LogP) is 2.42. The maximum atomic E-state index is 10.5. The van der Waals surface area contributed by atoms with Gasteiger partial charge in [0.15, 0.2) is 5.78 Å². The topological polar surface area (TPSA) is 17.1 Å². The van der Waals surface area contributed by atoms with Crippen LogP contribution in [0.3, 0.4) is 0 Å². The maximum absolute atomic E-state index is 10.5. The molecule has 0 amide bonds. The molecule has 0 aliphatic heterocycles. The van der Waals surface area contributed by atoms with E-state index < -0.39 is 2.69 Å². The SMILES string of the molecule is C=CC(=O)C(Cl)(Br)Br. The summed E-state index contributed by atoms with van der Waals surface area (Å²) >= 11 is 11.1. The number of hydrogen-bond acceptors (Lipinski definition) is 1. The molecule has 4 heteroatoms. The Labute approximate surface area is 69.3 Å². The van der Waals surface area contributed by atoms with E-state index in [-0.39, 0.29) is 5.78 Å². The highest BCUT2D eigenvalue weighted by molar-refractivity contribution is 9.26. The Hall–Kier alpha value is 0.660. The molecule has 1 nitrogen and oxygen atoms in total. The Bertz CT molecular complexity index is 116. The Balaban J connectivity index is 4.02. The number of rotatable bonds is 2. The van der Waals surface area contributed by atoms with Gasteiger partial charge in [-0.05, 0) is 37.9 Å². The van der Waals surface area contributed by atoms with Gasteiger partial charge < -0.3 is 0 Å². The van der Waals surface area contributed by atoms with Crippen molar-refractivity contribution in [1.29, 1.82) is 0 Å². The first-order chi connectivity index (χ1) is 3.48. The molecule has 0 radical (unpaired) electrons. The molecule has 46 valence electrons. The van der Waals surface area contributed by atoms with Crippen molar-refractivity contribution in [3.05, 3.63) is 12.7 Å². The summed E-state index contributed by atoms with van der Waals surface area (Å²) in [5.74, 6) is -0.306. The van der Waals surface area contributed by atoms with E-state index in [0.717, 1.165) is 6.08 Å². The lowest BCUT2D eigenvalue weighted by Gasteiger charge is -2.03. The number of alkyl halides is 3. The van der Waals surface area contributed by atoms with Crippen LogP contribution in [0.15, 0.2) is 12.7 Å². The molecule has 0 unspecified atom stereocenters. The molecule has 0 saturated heterocycles. The molecule has 0 spiro atoms. The van der Waals surface area contributed by atoms with Gasteiger partial charge in [0.2, 0.25) is 2.69 Å². The third-order valence-electron chi connectivity index (χ3n) is 0.465. The maximum Gasteiger partial charge on any atom is 0.215 e. The second-order valence-electron chi connectivity index (χ2n) is 1.07. The zero-order valence-corrected chi connectivity index (χ0v) is 7.75. The minimum atomic E-state index is -1.15. The first-order valence-electron chi connectivity index (χ1n) is 1.72. The summed E-state index contributed by atoms with van der Waals surface area (Å²) in [7, 11) is 0. The van der Waals surface area contributed by atoms with Gasteiger partial charge in [0, 0.05) is 0 Å². The molecule has 0 atom stereocenters. The standard InChI is InChI=1S/C4H3Br2ClO/c1-2-3(8)4(5,6)7/h2H,1H2. The summed E-state index contributed by atoms with van der Waals surface area (Å²) in [5.41, 5.74) is 0. The smallest absolute Gasteiger partial charge is 0.215 e. The van der Waals surface area contributed by atoms with Gasteiger partial charge in [-0.3, -0.25) is 4.79 Å². The van der Waals surface area contributed by atoms with Gasteiger partial charge in [-0.1, -0.05) is 18.2 Å². The van der Waals surface area contributed by atoms with Gasteiger partial charge in [0.1, 0.15) is 0 Å². The summed E-state index contributed by atoms with van der Waals surface area (Å²) in [6.07, 6.45) is 1.14. The van der Waals surface area contributed by atoms with E-state index in [1.54, 1.807) is 0 Å². The molecular weight excluding hydrogens is 259 g/mol. The van der Waals surface area contributed by atoms with Gasteiger partial charge >= 0.3 is 0 Å². The lowest BCUT2D eigenvalue weighted by atomic mass is 10.4. The highest BCUT2D eigenvalue weighted by Gasteiger charge is 2.25. The van der Waals surface area contributed by atoms with Crippen LogP contribution in [0, 0.1) is 0 Å². The van der Waals surface area contributed by atoms with E-state index in [4.69, 9.17) is 11.6 Å². The summed E-state index contributed by atoms with van der Waals surface area (Å²) < 4.78 is -1.15. The van der Waals surface area contributed by atoms with Crippen molar-refractivity contribution in [1.82, 2.24) is 0 Å². The van der Waals surface area contributed by atoms with Crippen molar-refractivity contribution < 1.29 is 4.79 Å². The molecule has 0 aliphatic rings. The van der Waals surface area contributed by atoms with E-state index in [1.807, 2.05) is 0 Å². The van der Waals surface area contributed by atoms with E-state index in [0.29, 0.717) is 0 Å². The van der Waals surface area contributed by atoms with E-state index in [1.165, 1.54) is 0 Å². The zero-order chi connectivity index (χ0) is 6.78. The van der Waals surface area contributed by atoms with Crippen molar-refractivity contribution in [2.45, 2.75) is 2.69 Å². The molecule has 0 heterocycles. The lowest BCUT2D eigenvalue weighted by molar-refractivity contribution is -0.113. The molecule has 0 aromatic rings. The van der Waals surface area contributed by atoms with Crippen LogP contribution in [0.25, 0.3) is 0 Å². The van der Waals surface area contributed by atoms with Crippen LogP contribution < -0.4 is 0 Å². The lowest BCUT2D eigenvalue weighted by Crippen LogP contribution is -2.13. The Morgan fingerprint density at radius 1 is 1.75 bits per heavy atom. The first-order valence-corrected chi connectivity index (χ1v) is 3.68. The number of carbonyl (C=O) groups is 1. The van der Waals surface area contributed by atoms with Crippen molar-refractivity contribution >= 4 is 49.2 Å². The summed E-state index contributed by atoms with van der Waals surface area (Å²) in [6.45, 7) is 3.23. The van der Waals surface area contributed by atoms with Crippen LogP contribution in [-0.4, -0.2) is 8.48 Å². The first kappa shape index (κ1) is 8.66. The molecule has 0 fully saturated rings. The number of ketones is 1. The van der Waals surface area contributed by atoms with Gasteiger partial charge in [0.25, 0.3) is 0 Å². The average Bonchev–Trinajstić information content (AvgIpc) is 1.62. The van der Waals surface area contributed by atoms with Gasteiger partial charge in [-0.25, -0.2) is 0 Å². The van der Waals surface area contributed by atoms with Crippen LogP contribution in [-0.2, 0) is 4.79 Å². The third kappa shape index (κ3) is 2.84. The molecule has 0 N–H and O–H groups in total. The van der Waals surface area contributed by atoms with Gasteiger partial charge in [-0.15, -0.1) is 0 Å². The van der Waals surface area contributed by atoms with Crippen molar-refractivity contribution in [3.8, 4) is 0 Å². The second kappa shape index (κ2) is 2.99. The predicted molar refractivity (Wildman–Crippen MR) is 41.6 cm³/mol. The third-order valence-corrected chi connectivity index (χ3v) is 1.43. The average molecular weight is 262 g/mol. The number of hydrogen-bond donors (Lipinski definition) is 0. The minimum absolute atomic E-state index is 0.306. The summed E-state index contributed by atoms with van der Waals surface area (Å²) in [6, 6.07) is 0.